The molecule has 0 spiro atoms. The van der Waals surface area contributed by atoms with Crippen LogP contribution in [0.3, 0.4) is 0 Å². The smallest absolute Gasteiger partial charge is 0.254 e. The highest BCUT2D eigenvalue weighted by Gasteiger charge is 2.39. The predicted octanol–water partition coefficient (Wildman–Crippen LogP) is 4.90. The van der Waals surface area contributed by atoms with Crippen LogP contribution < -0.4 is 0 Å². The first-order valence-electron chi connectivity index (χ1n) is 10.1. The molecule has 0 atom stereocenters. The average molecular weight is 348 g/mol. The number of aromatic nitrogens is 1. The average Bonchev–Trinajstić information content (AvgIpc) is 3.28. The van der Waals surface area contributed by atoms with Gasteiger partial charge in [0.25, 0.3) is 5.91 Å². The number of benzene rings is 1. The topological polar surface area (TPSA) is 46.3 Å². The molecule has 3 aliphatic heterocycles. The van der Waals surface area contributed by atoms with E-state index in [1.807, 2.05) is 23.1 Å². The Labute approximate surface area is 155 Å². The van der Waals surface area contributed by atoms with Crippen LogP contribution in [0.15, 0.2) is 35.1 Å². The van der Waals surface area contributed by atoms with Gasteiger partial charge in [-0.3, -0.25) is 4.79 Å². The Kier molecular flexibility index (Phi) is 4.10. The Morgan fingerprint density at radius 1 is 1.12 bits per heavy atom. The van der Waals surface area contributed by atoms with Crippen molar-refractivity contribution in [3.05, 3.63) is 41.8 Å². The fourth-order valence-electron chi connectivity index (χ4n) is 5.72. The second-order valence-electron chi connectivity index (χ2n) is 8.23. The fraction of sp³-hybridized carbons (Fsp3) is 0.524. The third kappa shape index (κ3) is 2.68. The number of carbonyl (C=O) groups is 1. The van der Waals surface area contributed by atoms with E-state index in [9.17, 15) is 4.79 Å². The van der Waals surface area contributed by atoms with E-state index in [0.717, 1.165) is 41.6 Å². The van der Waals surface area contributed by atoms with E-state index in [1.165, 1.54) is 44.8 Å². The lowest BCUT2D eigenvalue weighted by Gasteiger charge is -2.41. The van der Waals surface area contributed by atoms with Gasteiger partial charge in [0.05, 0.1) is 6.20 Å². The van der Waals surface area contributed by atoms with Gasteiger partial charge in [-0.25, -0.2) is 4.98 Å². The maximum absolute atomic E-state index is 12.9. The van der Waals surface area contributed by atoms with Crippen molar-refractivity contribution in [3.8, 4) is 11.5 Å². The Balaban J connectivity index is 1.32. The molecule has 1 amide bonds. The minimum absolute atomic E-state index is 0.175. The van der Waals surface area contributed by atoms with Crippen LogP contribution in [-0.2, 0) is 6.54 Å². The molecule has 0 saturated carbocycles. The molecule has 2 fully saturated rings. The van der Waals surface area contributed by atoms with Crippen molar-refractivity contribution in [2.75, 3.05) is 6.54 Å². The van der Waals surface area contributed by atoms with Crippen molar-refractivity contribution in [1.29, 1.82) is 0 Å². The van der Waals surface area contributed by atoms with Gasteiger partial charge in [-0.2, -0.15) is 0 Å². The largest absolute Gasteiger partial charge is 0.445 e. The normalized spacial score (nSPS) is 24.8. The third-order valence-electron chi connectivity index (χ3n) is 6.95. The number of amides is 1. The number of oxazole rings is 1. The molecule has 26 heavy (non-hydrogen) atoms. The zero-order chi connectivity index (χ0) is 17.5. The molecule has 2 saturated heterocycles. The zero-order valence-corrected chi connectivity index (χ0v) is 15.2. The van der Waals surface area contributed by atoms with Crippen LogP contribution in [0.25, 0.3) is 11.5 Å². The summed E-state index contributed by atoms with van der Waals surface area (Å²) in [5.41, 5.74) is 2.85. The minimum Gasteiger partial charge on any atom is -0.445 e. The monoisotopic (exact) mass is 348 g/mol. The zero-order valence-electron chi connectivity index (χ0n) is 15.2. The molecule has 0 radical (unpaired) electrons. The van der Waals surface area contributed by atoms with Gasteiger partial charge in [0, 0.05) is 24.2 Å². The lowest BCUT2D eigenvalue weighted by Crippen LogP contribution is -2.38. The van der Waals surface area contributed by atoms with Crippen molar-refractivity contribution in [1.82, 2.24) is 9.88 Å². The van der Waals surface area contributed by atoms with Gasteiger partial charge in [-0.05, 0) is 17.7 Å². The van der Waals surface area contributed by atoms with Crippen molar-refractivity contribution in [2.45, 2.75) is 63.0 Å². The van der Waals surface area contributed by atoms with E-state index in [-0.39, 0.29) is 5.91 Å². The molecule has 4 nitrogen and oxygen atoms in total. The molecule has 1 aromatic heterocycles. The first-order valence-corrected chi connectivity index (χ1v) is 10.1. The highest BCUT2D eigenvalue weighted by atomic mass is 16.3. The van der Waals surface area contributed by atoms with Gasteiger partial charge >= 0.3 is 0 Å². The molecule has 5 rings (SSSR count). The van der Waals surface area contributed by atoms with E-state index in [0.29, 0.717) is 12.4 Å². The standard InChI is InChI=1S/C21H25BN2O2/c25-21-18-9-3-8-17(20-23-11-13-26-20)19(18)14-24(21)12-10-22-15-4-1-5-16(22)7-2-6-15/h3,8-9,11,13,15-16H,1-2,4-7,10,12,14H2. The van der Waals surface area contributed by atoms with E-state index >= 15 is 0 Å². The molecule has 134 valence electrons. The summed E-state index contributed by atoms with van der Waals surface area (Å²) >= 11 is 0. The van der Waals surface area contributed by atoms with E-state index < -0.39 is 0 Å². The number of hydrogen-bond donors (Lipinski definition) is 0. The van der Waals surface area contributed by atoms with Crippen LogP contribution in [0.4, 0.5) is 0 Å². The molecule has 0 aliphatic carbocycles. The van der Waals surface area contributed by atoms with Crippen molar-refractivity contribution in [2.24, 2.45) is 0 Å². The van der Waals surface area contributed by atoms with Crippen molar-refractivity contribution in [3.63, 3.8) is 0 Å². The van der Waals surface area contributed by atoms with Crippen LogP contribution in [0, 0.1) is 0 Å². The number of fused-ring (bicyclic) bond motifs is 3. The molecule has 3 aliphatic rings. The number of carbonyl (C=O) groups excluding carboxylic acids is 1. The summed E-state index contributed by atoms with van der Waals surface area (Å²) in [6.07, 6.45) is 12.9. The summed E-state index contributed by atoms with van der Waals surface area (Å²) in [5, 5.41) is 0. The van der Waals surface area contributed by atoms with Crippen LogP contribution in [0.5, 0.6) is 0 Å². The summed E-state index contributed by atoms with van der Waals surface area (Å²) in [7, 11) is 0. The first kappa shape index (κ1) is 16.2. The van der Waals surface area contributed by atoms with Crippen LogP contribution in [0.1, 0.15) is 54.4 Å². The highest BCUT2D eigenvalue weighted by molar-refractivity contribution is 6.62. The second-order valence-corrected chi connectivity index (χ2v) is 8.23. The predicted molar refractivity (Wildman–Crippen MR) is 102 cm³/mol. The van der Waals surface area contributed by atoms with Gasteiger partial charge in [-0.15, -0.1) is 0 Å². The molecular weight excluding hydrogens is 323 g/mol. The van der Waals surface area contributed by atoms with E-state index in [4.69, 9.17) is 4.42 Å². The van der Waals surface area contributed by atoms with Crippen LogP contribution >= 0.6 is 0 Å². The minimum atomic E-state index is 0.175. The van der Waals surface area contributed by atoms with Crippen molar-refractivity contribution < 1.29 is 9.21 Å². The Morgan fingerprint density at radius 2 is 1.85 bits per heavy atom. The maximum atomic E-state index is 12.9. The highest BCUT2D eigenvalue weighted by Crippen LogP contribution is 2.47. The maximum Gasteiger partial charge on any atom is 0.254 e. The van der Waals surface area contributed by atoms with Gasteiger partial charge < -0.3 is 9.32 Å². The van der Waals surface area contributed by atoms with E-state index in [1.54, 1.807) is 12.5 Å². The quantitative estimate of drug-likeness (QED) is 0.738. The molecule has 2 aromatic rings. The SMILES string of the molecule is O=C1c2cccc(-c3ncco3)c2CN1CCB1C2CCCC1CCC2. The molecule has 5 heteroatoms. The summed E-state index contributed by atoms with van der Waals surface area (Å²) < 4.78 is 5.48. The fourth-order valence-corrected chi connectivity index (χ4v) is 5.72. The van der Waals surface area contributed by atoms with E-state index in [2.05, 4.69) is 4.98 Å². The third-order valence-corrected chi connectivity index (χ3v) is 6.95. The summed E-state index contributed by atoms with van der Waals surface area (Å²) in [5.74, 6) is 2.60. The molecule has 4 heterocycles. The molecular formula is C21H25BN2O2. The van der Waals surface area contributed by atoms with Crippen molar-refractivity contribution >= 4 is 12.6 Å². The van der Waals surface area contributed by atoms with Crippen LogP contribution in [0.2, 0.25) is 18.0 Å². The summed E-state index contributed by atoms with van der Waals surface area (Å²) in [4.78, 5) is 19.2. The van der Waals surface area contributed by atoms with Crippen LogP contribution in [-0.4, -0.2) is 29.0 Å². The summed E-state index contributed by atoms with van der Waals surface area (Å²) in [6.45, 7) is 2.41. The first-order chi connectivity index (χ1) is 12.8. The van der Waals surface area contributed by atoms with Gasteiger partial charge in [0.2, 0.25) is 5.89 Å². The lowest BCUT2D eigenvalue weighted by atomic mass is 9.26. The van der Waals surface area contributed by atoms with Gasteiger partial charge in [0.1, 0.15) is 13.0 Å². The second kappa shape index (κ2) is 6.60. The lowest BCUT2D eigenvalue weighted by molar-refractivity contribution is 0.0786. The molecule has 0 N–H and O–H groups in total. The number of nitrogens with zero attached hydrogens (tertiary/aromatic N) is 2. The Bertz CT molecular complexity index is 782. The molecule has 2 bridgehead atoms. The number of hydrogen-bond acceptors (Lipinski definition) is 3. The van der Waals surface area contributed by atoms with Gasteiger partial charge in [0.15, 0.2) is 0 Å². The Morgan fingerprint density at radius 3 is 2.54 bits per heavy atom. The molecule has 1 aromatic carbocycles. The summed E-state index contributed by atoms with van der Waals surface area (Å²) in [6, 6.07) is 5.89. The Hall–Kier alpha value is -2.04. The molecule has 0 unspecified atom stereocenters. The van der Waals surface area contributed by atoms with Gasteiger partial charge in [-0.1, -0.05) is 62.5 Å². The number of rotatable bonds is 4.